The number of fused-ring (bicyclic) bond motifs is 1. The van der Waals surface area contributed by atoms with Crippen LogP contribution in [0.1, 0.15) is 6.92 Å². The van der Waals surface area contributed by atoms with Crippen LogP contribution in [-0.4, -0.2) is 32.4 Å². The maximum atomic E-state index is 8.87. The topological polar surface area (TPSA) is 62.5 Å². The average Bonchev–Trinajstić information content (AvgIpc) is 2.69. The van der Waals surface area contributed by atoms with Gasteiger partial charge in [0, 0.05) is 6.04 Å². The van der Waals surface area contributed by atoms with Crippen LogP contribution in [0.2, 0.25) is 0 Å². The molecule has 1 atom stereocenters. The molecule has 0 spiro atoms. The molecule has 7 heteroatoms. The maximum Gasteiger partial charge on any atom is 0.214 e. The first-order valence-corrected chi connectivity index (χ1v) is 5.97. The van der Waals surface area contributed by atoms with Crippen molar-refractivity contribution in [1.82, 2.24) is 14.6 Å². The number of aromatic nitrogens is 3. The molecule has 0 amide bonds. The minimum atomic E-state index is 0.0171. The second-order valence-corrected chi connectivity index (χ2v) is 4.97. The zero-order valence-corrected chi connectivity index (χ0v) is 10.4. The van der Waals surface area contributed by atoms with Gasteiger partial charge in [-0.15, -0.1) is 5.10 Å². The third-order valence-corrected chi connectivity index (χ3v) is 3.28. The number of hydrogen-bond donors (Lipinski definition) is 2. The molecule has 14 heavy (non-hydrogen) atoms. The van der Waals surface area contributed by atoms with Gasteiger partial charge in [0.2, 0.25) is 10.1 Å². The Bertz CT molecular complexity index is 440. The van der Waals surface area contributed by atoms with Gasteiger partial charge in [-0.2, -0.15) is 4.52 Å². The summed E-state index contributed by atoms with van der Waals surface area (Å²) in [6.45, 7) is 1.99. The molecule has 0 fully saturated rings. The summed E-state index contributed by atoms with van der Waals surface area (Å²) < 4.78 is 2.76. The monoisotopic (exact) mass is 324 g/mol. The molecule has 2 aromatic heterocycles. The first-order chi connectivity index (χ1) is 6.70. The van der Waals surface area contributed by atoms with E-state index in [0.717, 1.165) is 13.8 Å². The predicted octanol–water partition coefficient (Wildman–Crippen LogP) is 1.19. The molecule has 5 nitrogen and oxygen atoms in total. The second kappa shape index (κ2) is 3.99. The summed E-state index contributed by atoms with van der Waals surface area (Å²) in [5.74, 6) is 0. The minimum absolute atomic E-state index is 0.0171. The Balaban J connectivity index is 2.27. The van der Waals surface area contributed by atoms with Crippen molar-refractivity contribution in [2.45, 2.75) is 13.0 Å². The zero-order chi connectivity index (χ0) is 10.1. The largest absolute Gasteiger partial charge is 0.394 e. The van der Waals surface area contributed by atoms with E-state index in [2.05, 4.69) is 38.0 Å². The molecule has 0 aliphatic heterocycles. The number of aliphatic hydroxyl groups is 1. The summed E-state index contributed by atoms with van der Waals surface area (Å²) in [5, 5.41) is 17.0. The summed E-state index contributed by atoms with van der Waals surface area (Å²) >= 11 is 3.65. The molecular formula is C7H9IN4OS. The number of aliphatic hydroxyl groups excluding tert-OH is 1. The van der Waals surface area contributed by atoms with Crippen molar-refractivity contribution in [1.29, 1.82) is 0 Å². The summed E-state index contributed by atoms with van der Waals surface area (Å²) in [7, 11) is 0. The summed E-state index contributed by atoms with van der Waals surface area (Å²) in [6, 6.07) is 0.0171. The fourth-order valence-electron chi connectivity index (χ4n) is 0.982. The lowest BCUT2D eigenvalue weighted by Crippen LogP contribution is -2.19. The highest BCUT2D eigenvalue weighted by molar-refractivity contribution is 14.1. The van der Waals surface area contributed by atoms with Gasteiger partial charge in [0.1, 0.15) is 3.70 Å². The highest BCUT2D eigenvalue weighted by Gasteiger charge is 2.09. The normalized spacial score (nSPS) is 13.4. The fourth-order valence-corrected chi connectivity index (χ4v) is 2.51. The summed E-state index contributed by atoms with van der Waals surface area (Å²) in [6.07, 6.45) is 1.78. The highest BCUT2D eigenvalue weighted by atomic mass is 127. The van der Waals surface area contributed by atoms with Crippen LogP contribution in [0.3, 0.4) is 0 Å². The van der Waals surface area contributed by atoms with Crippen LogP contribution in [0.15, 0.2) is 6.20 Å². The molecule has 1 unspecified atom stereocenters. The van der Waals surface area contributed by atoms with Gasteiger partial charge in [-0.3, -0.25) is 0 Å². The van der Waals surface area contributed by atoms with Crippen molar-refractivity contribution in [3.05, 3.63) is 9.90 Å². The van der Waals surface area contributed by atoms with Crippen LogP contribution in [0, 0.1) is 3.70 Å². The average molecular weight is 324 g/mol. The van der Waals surface area contributed by atoms with Crippen LogP contribution in [0.25, 0.3) is 4.96 Å². The van der Waals surface area contributed by atoms with E-state index in [0.29, 0.717) is 0 Å². The lowest BCUT2D eigenvalue weighted by molar-refractivity contribution is 0.281. The van der Waals surface area contributed by atoms with E-state index in [1.165, 1.54) is 11.3 Å². The second-order valence-electron chi connectivity index (χ2n) is 2.91. The lowest BCUT2D eigenvalue weighted by Gasteiger charge is -2.07. The van der Waals surface area contributed by atoms with Gasteiger partial charge in [0.05, 0.1) is 12.8 Å². The van der Waals surface area contributed by atoms with Crippen molar-refractivity contribution in [3.63, 3.8) is 0 Å². The number of nitrogens with one attached hydrogen (secondary N) is 1. The van der Waals surface area contributed by atoms with Crippen molar-refractivity contribution in [2.75, 3.05) is 11.9 Å². The van der Waals surface area contributed by atoms with E-state index in [9.17, 15) is 0 Å². The van der Waals surface area contributed by atoms with Gasteiger partial charge < -0.3 is 10.4 Å². The summed E-state index contributed by atoms with van der Waals surface area (Å²) in [5.41, 5.74) is 0. The number of imidazole rings is 1. The Labute approximate surface area is 98.3 Å². The van der Waals surface area contributed by atoms with Crippen LogP contribution in [0.4, 0.5) is 5.13 Å². The van der Waals surface area contributed by atoms with E-state index in [-0.39, 0.29) is 12.6 Å². The molecule has 0 saturated carbocycles. The van der Waals surface area contributed by atoms with E-state index >= 15 is 0 Å². The van der Waals surface area contributed by atoms with Crippen LogP contribution < -0.4 is 5.32 Å². The molecule has 2 aromatic rings. The van der Waals surface area contributed by atoms with E-state index in [4.69, 9.17) is 5.11 Å². The number of anilines is 1. The molecule has 2 heterocycles. The van der Waals surface area contributed by atoms with Gasteiger partial charge in [0.25, 0.3) is 0 Å². The molecule has 0 aliphatic rings. The van der Waals surface area contributed by atoms with Crippen LogP contribution >= 0.6 is 33.9 Å². The third kappa shape index (κ3) is 1.84. The molecule has 0 aromatic carbocycles. The predicted molar refractivity (Wildman–Crippen MR) is 63.8 cm³/mol. The number of nitrogens with zero attached hydrogens (tertiary/aromatic N) is 3. The Kier molecular flexibility index (Phi) is 2.88. The molecule has 76 valence electrons. The molecule has 0 aliphatic carbocycles. The third-order valence-electron chi connectivity index (χ3n) is 1.69. The number of rotatable bonds is 3. The Morgan fingerprint density at radius 2 is 2.57 bits per heavy atom. The Morgan fingerprint density at radius 1 is 1.79 bits per heavy atom. The van der Waals surface area contributed by atoms with Crippen molar-refractivity contribution in [3.8, 4) is 0 Å². The molecule has 0 radical (unpaired) electrons. The van der Waals surface area contributed by atoms with Crippen LogP contribution in [-0.2, 0) is 0 Å². The molecule has 0 saturated heterocycles. The van der Waals surface area contributed by atoms with E-state index < -0.39 is 0 Å². The number of hydrogen-bond acceptors (Lipinski definition) is 5. The van der Waals surface area contributed by atoms with Crippen molar-refractivity contribution >= 4 is 44.0 Å². The first kappa shape index (κ1) is 10.1. The van der Waals surface area contributed by atoms with E-state index in [1.807, 2.05) is 6.92 Å². The van der Waals surface area contributed by atoms with Gasteiger partial charge in [-0.25, -0.2) is 4.98 Å². The smallest absolute Gasteiger partial charge is 0.214 e. The Hall–Kier alpha value is -0.410. The van der Waals surface area contributed by atoms with Crippen LogP contribution in [0.5, 0.6) is 0 Å². The standard InChI is InChI=1S/C7H9IN4OS/c1-4(3-13)10-6-11-12-5(8)2-9-7(12)14-6/h2,4,13H,3H2,1H3,(H,10,11). The van der Waals surface area contributed by atoms with Gasteiger partial charge in [-0.05, 0) is 29.5 Å². The molecule has 2 rings (SSSR count). The molecule has 2 N–H and O–H groups in total. The van der Waals surface area contributed by atoms with E-state index in [1.54, 1.807) is 10.7 Å². The quantitative estimate of drug-likeness (QED) is 0.833. The van der Waals surface area contributed by atoms with Crippen molar-refractivity contribution in [2.24, 2.45) is 0 Å². The highest BCUT2D eigenvalue weighted by Crippen LogP contribution is 2.20. The van der Waals surface area contributed by atoms with Crippen molar-refractivity contribution < 1.29 is 5.11 Å². The summed E-state index contributed by atoms with van der Waals surface area (Å²) in [4.78, 5) is 5.04. The molecule has 0 bridgehead atoms. The maximum absolute atomic E-state index is 8.87. The fraction of sp³-hybridized carbons (Fsp3) is 0.429. The van der Waals surface area contributed by atoms with Gasteiger partial charge in [0.15, 0.2) is 0 Å². The Morgan fingerprint density at radius 3 is 3.21 bits per heavy atom. The zero-order valence-electron chi connectivity index (χ0n) is 7.44. The lowest BCUT2D eigenvalue weighted by atomic mass is 10.4. The number of halogens is 1. The van der Waals surface area contributed by atoms with Gasteiger partial charge in [-0.1, -0.05) is 11.3 Å². The van der Waals surface area contributed by atoms with Gasteiger partial charge >= 0.3 is 0 Å². The SMILES string of the molecule is CC(CO)Nc1nn2c(I)cnc2s1. The molecular weight excluding hydrogens is 315 g/mol. The first-order valence-electron chi connectivity index (χ1n) is 4.08. The minimum Gasteiger partial charge on any atom is -0.394 e.